The van der Waals surface area contributed by atoms with Crippen LogP contribution in [0.2, 0.25) is 5.02 Å². The van der Waals surface area contributed by atoms with Gasteiger partial charge in [0, 0.05) is 10.6 Å². The second-order valence-electron chi connectivity index (χ2n) is 4.52. The van der Waals surface area contributed by atoms with Gasteiger partial charge in [0.25, 0.3) is 5.91 Å². The summed E-state index contributed by atoms with van der Waals surface area (Å²) in [6.07, 6.45) is -4.50. The highest BCUT2D eigenvalue weighted by Crippen LogP contribution is 2.29. The minimum absolute atomic E-state index is 0.0464. The van der Waals surface area contributed by atoms with Crippen LogP contribution in [0.4, 0.5) is 18.9 Å². The van der Waals surface area contributed by atoms with Crippen LogP contribution < -0.4 is 5.32 Å². The zero-order chi connectivity index (χ0) is 17.2. The standard InChI is InChI=1S/C15H9ClF3NO3/c16-10-5-6-11(14(22)23)12(7-10)20-13(21)8-1-3-9(4-2-8)15(17,18)19/h1-7H,(H,20,21)(H,22,23). The van der Waals surface area contributed by atoms with Gasteiger partial charge in [0.15, 0.2) is 0 Å². The second-order valence-corrected chi connectivity index (χ2v) is 4.96. The van der Waals surface area contributed by atoms with E-state index in [1.165, 1.54) is 18.2 Å². The van der Waals surface area contributed by atoms with Crippen LogP contribution in [0, 0.1) is 0 Å². The number of amides is 1. The zero-order valence-corrected chi connectivity index (χ0v) is 12.1. The fourth-order valence-corrected chi connectivity index (χ4v) is 1.98. The number of nitrogens with one attached hydrogen (secondary N) is 1. The normalized spacial score (nSPS) is 11.1. The third-order valence-electron chi connectivity index (χ3n) is 2.93. The van der Waals surface area contributed by atoms with Gasteiger partial charge in [-0.2, -0.15) is 13.2 Å². The molecule has 2 aromatic rings. The molecule has 0 aromatic heterocycles. The maximum absolute atomic E-state index is 12.5. The SMILES string of the molecule is O=C(Nc1cc(Cl)ccc1C(=O)O)c1ccc(C(F)(F)F)cc1. The number of anilines is 1. The molecule has 0 aliphatic carbocycles. The smallest absolute Gasteiger partial charge is 0.416 e. The van der Waals surface area contributed by atoms with Crippen molar-refractivity contribution in [1.82, 2.24) is 0 Å². The van der Waals surface area contributed by atoms with E-state index in [4.69, 9.17) is 16.7 Å². The van der Waals surface area contributed by atoms with Gasteiger partial charge in [-0.25, -0.2) is 4.79 Å². The Bertz CT molecular complexity index is 758. The number of carboxylic acid groups (broad SMARTS) is 1. The van der Waals surface area contributed by atoms with E-state index in [-0.39, 0.29) is 21.8 Å². The van der Waals surface area contributed by atoms with Gasteiger partial charge in [0.1, 0.15) is 0 Å². The molecule has 23 heavy (non-hydrogen) atoms. The largest absolute Gasteiger partial charge is 0.478 e. The van der Waals surface area contributed by atoms with Gasteiger partial charge in [-0.3, -0.25) is 4.79 Å². The monoisotopic (exact) mass is 343 g/mol. The predicted molar refractivity (Wildman–Crippen MR) is 77.8 cm³/mol. The number of carboxylic acids is 1. The molecule has 8 heteroatoms. The Kier molecular flexibility index (Phi) is 4.60. The molecule has 0 saturated carbocycles. The van der Waals surface area contributed by atoms with Crippen molar-refractivity contribution < 1.29 is 27.9 Å². The van der Waals surface area contributed by atoms with Gasteiger partial charge in [0.05, 0.1) is 16.8 Å². The predicted octanol–water partition coefficient (Wildman–Crippen LogP) is 4.31. The van der Waals surface area contributed by atoms with Crippen molar-refractivity contribution in [2.24, 2.45) is 0 Å². The van der Waals surface area contributed by atoms with Gasteiger partial charge < -0.3 is 10.4 Å². The third kappa shape index (κ3) is 4.01. The van der Waals surface area contributed by atoms with Crippen molar-refractivity contribution in [1.29, 1.82) is 0 Å². The molecule has 4 nitrogen and oxygen atoms in total. The number of halogens is 4. The maximum atomic E-state index is 12.5. The minimum Gasteiger partial charge on any atom is -0.478 e. The van der Waals surface area contributed by atoms with Crippen LogP contribution in [0.15, 0.2) is 42.5 Å². The average molecular weight is 344 g/mol. The Labute approximate surface area is 133 Å². The highest BCUT2D eigenvalue weighted by atomic mass is 35.5. The fourth-order valence-electron chi connectivity index (χ4n) is 1.81. The Morgan fingerprint density at radius 1 is 1.04 bits per heavy atom. The quantitative estimate of drug-likeness (QED) is 0.872. The number of hydrogen-bond acceptors (Lipinski definition) is 2. The lowest BCUT2D eigenvalue weighted by Gasteiger charge is -2.10. The van der Waals surface area contributed by atoms with E-state index in [0.717, 1.165) is 24.3 Å². The molecule has 0 heterocycles. The van der Waals surface area contributed by atoms with Crippen molar-refractivity contribution >= 4 is 29.2 Å². The van der Waals surface area contributed by atoms with Crippen LogP contribution >= 0.6 is 11.6 Å². The van der Waals surface area contributed by atoms with Gasteiger partial charge in [-0.15, -0.1) is 0 Å². The molecule has 2 rings (SSSR count). The Morgan fingerprint density at radius 3 is 2.17 bits per heavy atom. The minimum atomic E-state index is -4.50. The molecule has 0 fully saturated rings. The average Bonchev–Trinajstić information content (AvgIpc) is 2.46. The van der Waals surface area contributed by atoms with Crippen LogP contribution in [-0.4, -0.2) is 17.0 Å². The molecule has 0 unspecified atom stereocenters. The molecule has 2 aromatic carbocycles. The number of hydrogen-bond donors (Lipinski definition) is 2. The first kappa shape index (κ1) is 16.8. The Morgan fingerprint density at radius 2 is 1.65 bits per heavy atom. The van der Waals surface area contributed by atoms with Crippen LogP contribution in [0.1, 0.15) is 26.3 Å². The molecular formula is C15H9ClF3NO3. The second kappa shape index (κ2) is 6.29. The summed E-state index contributed by atoms with van der Waals surface area (Å²) in [4.78, 5) is 23.1. The third-order valence-corrected chi connectivity index (χ3v) is 3.17. The lowest BCUT2D eigenvalue weighted by Crippen LogP contribution is -2.15. The summed E-state index contributed by atoms with van der Waals surface area (Å²) in [5, 5.41) is 11.6. The first-order valence-corrected chi connectivity index (χ1v) is 6.58. The van der Waals surface area contributed by atoms with E-state index in [2.05, 4.69) is 5.32 Å². The van der Waals surface area contributed by atoms with Gasteiger partial charge in [0.2, 0.25) is 0 Å². The van der Waals surface area contributed by atoms with Gasteiger partial charge in [-0.05, 0) is 42.5 Å². The fraction of sp³-hybridized carbons (Fsp3) is 0.0667. The highest BCUT2D eigenvalue weighted by Gasteiger charge is 2.30. The van der Waals surface area contributed by atoms with Crippen molar-refractivity contribution in [2.45, 2.75) is 6.18 Å². The number of benzene rings is 2. The van der Waals surface area contributed by atoms with Crippen LogP contribution in [0.25, 0.3) is 0 Å². The van der Waals surface area contributed by atoms with E-state index < -0.39 is 23.6 Å². The summed E-state index contributed by atoms with van der Waals surface area (Å²) in [5.41, 5.74) is -1.16. The molecule has 0 saturated heterocycles. The number of carbonyl (C=O) groups excluding carboxylic acids is 1. The number of alkyl halides is 3. The summed E-state index contributed by atoms with van der Waals surface area (Å²) >= 11 is 5.75. The van der Waals surface area contributed by atoms with E-state index in [9.17, 15) is 22.8 Å². The van der Waals surface area contributed by atoms with E-state index in [1.807, 2.05) is 0 Å². The topological polar surface area (TPSA) is 66.4 Å². The molecule has 120 valence electrons. The maximum Gasteiger partial charge on any atom is 0.416 e. The Balaban J connectivity index is 2.26. The van der Waals surface area contributed by atoms with Crippen molar-refractivity contribution in [3.63, 3.8) is 0 Å². The molecule has 0 radical (unpaired) electrons. The van der Waals surface area contributed by atoms with Crippen molar-refractivity contribution in [3.05, 3.63) is 64.2 Å². The molecule has 0 atom stereocenters. The number of aromatic carboxylic acids is 1. The first-order valence-electron chi connectivity index (χ1n) is 6.20. The molecule has 0 bridgehead atoms. The van der Waals surface area contributed by atoms with Crippen LogP contribution in [-0.2, 0) is 6.18 Å². The van der Waals surface area contributed by atoms with Crippen molar-refractivity contribution in [3.8, 4) is 0 Å². The molecule has 1 amide bonds. The molecule has 0 aliphatic rings. The van der Waals surface area contributed by atoms with E-state index >= 15 is 0 Å². The van der Waals surface area contributed by atoms with E-state index in [1.54, 1.807) is 0 Å². The lowest BCUT2D eigenvalue weighted by atomic mass is 10.1. The summed E-state index contributed by atoms with van der Waals surface area (Å²) in [5.74, 6) is -2.02. The summed E-state index contributed by atoms with van der Waals surface area (Å²) in [7, 11) is 0. The molecule has 0 spiro atoms. The number of rotatable bonds is 3. The lowest BCUT2D eigenvalue weighted by molar-refractivity contribution is -0.137. The summed E-state index contributed by atoms with van der Waals surface area (Å²) in [6.45, 7) is 0. The Hall–Kier alpha value is -2.54. The van der Waals surface area contributed by atoms with Crippen LogP contribution in [0.5, 0.6) is 0 Å². The van der Waals surface area contributed by atoms with E-state index in [0.29, 0.717) is 0 Å². The number of carbonyl (C=O) groups is 2. The first-order chi connectivity index (χ1) is 10.7. The van der Waals surface area contributed by atoms with Crippen LogP contribution in [0.3, 0.4) is 0 Å². The molecule has 2 N–H and O–H groups in total. The summed E-state index contributed by atoms with van der Waals surface area (Å²) in [6, 6.07) is 7.35. The van der Waals surface area contributed by atoms with Gasteiger partial charge in [-0.1, -0.05) is 11.6 Å². The zero-order valence-electron chi connectivity index (χ0n) is 11.3. The van der Waals surface area contributed by atoms with Gasteiger partial charge >= 0.3 is 12.1 Å². The highest BCUT2D eigenvalue weighted by molar-refractivity contribution is 6.31. The van der Waals surface area contributed by atoms with Crippen molar-refractivity contribution in [2.75, 3.05) is 5.32 Å². The molecular weight excluding hydrogens is 335 g/mol. The molecule has 0 aliphatic heterocycles. The summed E-state index contributed by atoms with van der Waals surface area (Å²) < 4.78 is 37.4.